The van der Waals surface area contributed by atoms with Crippen molar-refractivity contribution in [2.75, 3.05) is 5.32 Å². The van der Waals surface area contributed by atoms with Gasteiger partial charge in [-0.15, -0.1) is 0 Å². The van der Waals surface area contributed by atoms with Gasteiger partial charge >= 0.3 is 35.5 Å². The van der Waals surface area contributed by atoms with E-state index in [1.54, 1.807) is 6.92 Å². The Labute approximate surface area is 120 Å². The fourth-order valence-electron chi connectivity index (χ4n) is 1.03. The molecule has 0 bridgehead atoms. The molecule has 3 N–H and O–H groups in total. The second-order valence-corrected chi connectivity index (χ2v) is 3.27. The summed E-state index contributed by atoms with van der Waals surface area (Å²) in [6.45, 7) is 4.99. The Morgan fingerprint density at radius 1 is 1.35 bits per heavy atom. The van der Waals surface area contributed by atoms with E-state index >= 15 is 0 Å². The molecule has 86 valence electrons. The van der Waals surface area contributed by atoms with Crippen LogP contribution in [0.1, 0.15) is 17.3 Å². The summed E-state index contributed by atoms with van der Waals surface area (Å²) in [5.74, 6) is -2.01. The molecule has 0 aliphatic rings. The number of rotatable bonds is 3. The van der Waals surface area contributed by atoms with Crippen molar-refractivity contribution in [3.05, 3.63) is 35.9 Å². The molecule has 0 unspecified atom stereocenters. The molecule has 0 heterocycles. The van der Waals surface area contributed by atoms with E-state index in [1.165, 1.54) is 18.2 Å². The molecule has 1 aromatic carbocycles. The molecule has 17 heavy (non-hydrogen) atoms. The molecule has 0 aliphatic carbocycles. The standard InChI is InChI=1S/C11H11NO4.Na.H/c1-6(2)10(14)12-7-3-4-8(11(15)16)9(13)5-7;;/h3-5,13H,1H2,2H3,(H,12,14)(H,15,16);;. The van der Waals surface area contributed by atoms with Gasteiger partial charge in [0.15, 0.2) is 0 Å². The number of hydrogen-bond acceptors (Lipinski definition) is 3. The fourth-order valence-corrected chi connectivity index (χ4v) is 1.03. The minimum absolute atomic E-state index is 0. The van der Waals surface area contributed by atoms with Crippen LogP contribution in [0.25, 0.3) is 0 Å². The third kappa shape index (κ3) is 4.22. The molecule has 0 aliphatic heterocycles. The number of carbonyl (C=O) groups excluding carboxylic acids is 1. The molecule has 0 saturated heterocycles. The number of aromatic carboxylic acids is 1. The van der Waals surface area contributed by atoms with Gasteiger partial charge in [-0.2, -0.15) is 0 Å². The minimum atomic E-state index is -1.23. The van der Waals surface area contributed by atoms with Gasteiger partial charge in [-0.05, 0) is 19.1 Å². The number of hydrogen-bond donors (Lipinski definition) is 3. The number of anilines is 1. The number of nitrogens with one attached hydrogen (secondary N) is 1. The first-order valence-corrected chi connectivity index (χ1v) is 4.45. The Balaban J connectivity index is 0.00000256. The monoisotopic (exact) mass is 245 g/mol. The van der Waals surface area contributed by atoms with Gasteiger partial charge in [0, 0.05) is 17.3 Å². The van der Waals surface area contributed by atoms with Gasteiger partial charge in [-0.3, -0.25) is 4.79 Å². The Morgan fingerprint density at radius 3 is 2.35 bits per heavy atom. The van der Waals surface area contributed by atoms with E-state index in [2.05, 4.69) is 11.9 Å². The van der Waals surface area contributed by atoms with E-state index in [-0.39, 0.29) is 41.0 Å². The first kappa shape index (κ1) is 15.7. The Morgan fingerprint density at radius 2 is 1.94 bits per heavy atom. The van der Waals surface area contributed by atoms with Crippen LogP contribution in [-0.2, 0) is 4.79 Å². The number of carbonyl (C=O) groups is 2. The van der Waals surface area contributed by atoms with Crippen molar-refractivity contribution in [3.63, 3.8) is 0 Å². The van der Waals surface area contributed by atoms with Gasteiger partial charge in [-0.25, -0.2) is 4.79 Å². The van der Waals surface area contributed by atoms with Crippen LogP contribution < -0.4 is 5.32 Å². The number of phenols is 1. The zero-order valence-electron chi connectivity index (χ0n) is 8.65. The second-order valence-electron chi connectivity index (χ2n) is 3.27. The molecule has 0 aromatic heterocycles. The third-order valence-electron chi connectivity index (χ3n) is 1.87. The van der Waals surface area contributed by atoms with Crippen molar-refractivity contribution in [3.8, 4) is 5.75 Å². The summed E-state index contributed by atoms with van der Waals surface area (Å²) in [6, 6.07) is 3.78. The summed E-state index contributed by atoms with van der Waals surface area (Å²) >= 11 is 0. The SMILES string of the molecule is C=C(C)C(=O)Nc1ccc(C(=O)O)c(O)c1.[NaH]. The van der Waals surface area contributed by atoms with Gasteiger partial charge in [0.25, 0.3) is 5.91 Å². The van der Waals surface area contributed by atoms with Crippen LogP contribution in [0.2, 0.25) is 0 Å². The Kier molecular flexibility index (Phi) is 5.95. The maximum absolute atomic E-state index is 11.2. The molecule has 0 saturated carbocycles. The predicted molar refractivity (Wildman–Crippen MR) is 65.7 cm³/mol. The summed E-state index contributed by atoms with van der Waals surface area (Å²) in [7, 11) is 0. The van der Waals surface area contributed by atoms with Crippen LogP contribution in [0.4, 0.5) is 5.69 Å². The number of amides is 1. The van der Waals surface area contributed by atoms with Crippen LogP contribution in [0.15, 0.2) is 30.4 Å². The predicted octanol–water partition coefficient (Wildman–Crippen LogP) is 0.956. The van der Waals surface area contributed by atoms with Gasteiger partial charge in [0.2, 0.25) is 0 Å². The molecule has 0 fully saturated rings. The molecular formula is C11H12NNaO4. The summed E-state index contributed by atoms with van der Waals surface area (Å²) in [4.78, 5) is 21.8. The average molecular weight is 245 g/mol. The fraction of sp³-hybridized carbons (Fsp3) is 0.0909. The maximum atomic E-state index is 11.2. The van der Waals surface area contributed by atoms with E-state index in [4.69, 9.17) is 5.11 Å². The van der Waals surface area contributed by atoms with E-state index in [0.29, 0.717) is 11.3 Å². The van der Waals surface area contributed by atoms with Crippen molar-refractivity contribution < 1.29 is 19.8 Å². The van der Waals surface area contributed by atoms with E-state index in [0.717, 1.165) is 0 Å². The van der Waals surface area contributed by atoms with Gasteiger partial charge in [-0.1, -0.05) is 6.58 Å². The van der Waals surface area contributed by atoms with Crippen LogP contribution in [0.3, 0.4) is 0 Å². The van der Waals surface area contributed by atoms with Crippen LogP contribution in [0.5, 0.6) is 5.75 Å². The Hall–Kier alpha value is -1.30. The number of aromatic hydroxyl groups is 1. The van der Waals surface area contributed by atoms with Crippen molar-refractivity contribution in [2.45, 2.75) is 6.92 Å². The van der Waals surface area contributed by atoms with Crippen LogP contribution >= 0.6 is 0 Å². The molecule has 6 heteroatoms. The first-order chi connectivity index (χ1) is 7.41. The van der Waals surface area contributed by atoms with Gasteiger partial charge in [0.1, 0.15) is 11.3 Å². The van der Waals surface area contributed by atoms with Crippen molar-refractivity contribution >= 4 is 47.1 Å². The molecule has 1 rings (SSSR count). The van der Waals surface area contributed by atoms with E-state index in [1.807, 2.05) is 0 Å². The van der Waals surface area contributed by atoms with Crippen molar-refractivity contribution in [2.24, 2.45) is 0 Å². The van der Waals surface area contributed by atoms with Gasteiger partial charge < -0.3 is 15.5 Å². The molecule has 0 atom stereocenters. The van der Waals surface area contributed by atoms with Crippen LogP contribution in [0, 0.1) is 0 Å². The topological polar surface area (TPSA) is 86.6 Å². The molecule has 0 spiro atoms. The quantitative estimate of drug-likeness (QED) is 0.546. The Bertz CT molecular complexity index is 471. The molecule has 0 radical (unpaired) electrons. The summed E-state index contributed by atoms with van der Waals surface area (Å²) in [5, 5.41) is 20.5. The number of carboxylic acids is 1. The molecular weight excluding hydrogens is 233 g/mol. The average Bonchev–Trinajstić information content (AvgIpc) is 2.16. The number of benzene rings is 1. The third-order valence-corrected chi connectivity index (χ3v) is 1.87. The molecule has 1 aromatic rings. The summed E-state index contributed by atoms with van der Waals surface area (Å²) in [5.41, 5.74) is 0.422. The van der Waals surface area contributed by atoms with E-state index < -0.39 is 11.7 Å². The van der Waals surface area contributed by atoms with Crippen LogP contribution in [-0.4, -0.2) is 51.6 Å². The molecule has 1 amide bonds. The molecule has 5 nitrogen and oxygen atoms in total. The normalized spacial score (nSPS) is 9.00. The number of carboxylic acid groups (broad SMARTS) is 1. The summed E-state index contributed by atoms with van der Waals surface area (Å²) in [6.07, 6.45) is 0. The van der Waals surface area contributed by atoms with Crippen molar-refractivity contribution in [1.29, 1.82) is 0 Å². The zero-order valence-corrected chi connectivity index (χ0v) is 8.65. The van der Waals surface area contributed by atoms with Gasteiger partial charge in [0.05, 0.1) is 0 Å². The zero-order chi connectivity index (χ0) is 12.3. The van der Waals surface area contributed by atoms with E-state index in [9.17, 15) is 14.7 Å². The first-order valence-electron chi connectivity index (χ1n) is 4.45. The second kappa shape index (κ2) is 6.44. The van der Waals surface area contributed by atoms with Crippen molar-refractivity contribution in [1.82, 2.24) is 0 Å². The summed E-state index contributed by atoms with van der Waals surface area (Å²) < 4.78 is 0.